The maximum atomic E-state index is 2.55. The molecular formula is C28H42Si. The summed E-state index contributed by atoms with van der Waals surface area (Å²) in [6.45, 7) is 4.62. The number of hydrogen-bond acceptors (Lipinski definition) is 0. The molecule has 0 amide bonds. The molecule has 0 saturated heterocycles. The number of aryl methyl sites for hydroxylation is 1. The second-order valence-electron chi connectivity index (χ2n) is 9.10. The minimum Gasteiger partial charge on any atom is -0.0654 e. The van der Waals surface area contributed by atoms with E-state index in [0.29, 0.717) is 0 Å². The Bertz CT molecular complexity index is 746. The SMILES string of the molecule is CCCCCCCCc1ccc2c([si]1CCCCCCCC)Cc1ccccc1-2. The van der Waals surface area contributed by atoms with Crippen LogP contribution < -0.4 is 0 Å². The third kappa shape index (κ3) is 6.38. The molecule has 1 aliphatic rings. The maximum absolute atomic E-state index is 2.55. The van der Waals surface area contributed by atoms with E-state index in [1.165, 1.54) is 101 Å². The van der Waals surface area contributed by atoms with E-state index in [1.54, 1.807) is 11.1 Å². The van der Waals surface area contributed by atoms with Gasteiger partial charge in [-0.15, -0.1) is 0 Å². The Labute approximate surface area is 181 Å². The first kappa shape index (κ1) is 22.5. The molecule has 1 heterocycles. The van der Waals surface area contributed by atoms with Crippen molar-refractivity contribution in [1.29, 1.82) is 0 Å². The van der Waals surface area contributed by atoms with Gasteiger partial charge in [-0.05, 0) is 42.0 Å². The van der Waals surface area contributed by atoms with Crippen LogP contribution in [-0.4, -0.2) is 8.40 Å². The molecule has 3 rings (SSSR count). The Morgan fingerprint density at radius 1 is 0.655 bits per heavy atom. The van der Waals surface area contributed by atoms with E-state index < -0.39 is 8.40 Å². The molecule has 1 aromatic heterocycles. The summed E-state index contributed by atoms with van der Waals surface area (Å²) in [4.78, 5) is 0. The molecule has 1 aromatic carbocycles. The lowest BCUT2D eigenvalue weighted by atomic mass is 10.1. The lowest BCUT2D eigenvalue weighted by molar-refractivity contribution is 0.607. The minimum atomic E-state index is -0.508. The highest BCUT2D eigenvalue weighted by Crippen LogP contribution is 2.37. The van der Waals surface area contributed by atoms with E-state index in [2.05, 4.69) is 50.2 Å². The first-order valence-corrected chi connectivity index (χ1v) is 14.3. The fourth-order valence-electron chi connectivity index (χ4n) is 5.05. The molecule has 0 radical (unpaired) electrons. The molecule has 2 aromatic rings. The van der Waals surface area contributed by atoms with Crippen LogP contribution in [0.15, 0.2) is 36.4 Å². The molecule has 1 aliphatic carbocycles. The zero-order valence-electron chi connectivity index (χ0n) is 19.1. The molecule has 0 spiro atoms. The van der Waals surface area contributed by atoms with Crippen molar-refractivity contribution < 1.29 is 0 Å². The summed E-state index contributed by atoms with van der Waals surface area (Å²) in [6.07, 6.45) is 19.6. The summed E-state index contributed by atoms with van der Waals surface area (Å²) >= 11 is 0. The standard InChI is InChI=1S/C28H42Si/c1-3-5-7-9-11-13-18-25-20-21-27-26-19-15-14-17-24(26)23-28(27)29(25)22-16-12-10-8-6-4-2/h14-15,17,19-21H,3-13,16,18,22-23H2,1-2H3. The average molecular weight is 407 g/mol. The third-order valence-corrected chi connectivity index (χ3v) is 10.0. The van der Waals surface area contributed by atoms with Crippen molar-refractivity contribution in [3.63, 3.8) is 0 Å². The van der Waals surface area contributed by atoms with Gasteiger partial charge in [0.2, 0.25) is 0 Å². The Hall–Kier alpha value is -1.21. The summed E-state index contributed by atoms with van der Waals surface area (Å²) in [5.74, 6) is 0. The van der Waals surface area contributed by atoms with Crippen LogP contribution in [-0.2, 0) is 18.9 Å². The zero-order valence-corrected chi connectivity index (χ0v) is 20.1. The third-order valence-electron chi connectivity index (χ3n) is 6.78. The molecule has 29 heavy (non-hydrogen) atoms. The van der Waals surface area contributed by atoms with Gasteiger partial charge < -0.3 is 0 Å². The van der Waals surface area contributed by atoms with Crippen LogP contribution in [0.2, 0.25) is 0 Å². The van der Waals surface area contributed by atoms with E-state index in [-0.39, 0.29) is 0 Å². The predicted octanol–water partition coefficient (Wildman–Crippen LogP) is 8.55. The molecule has 0 bridgehead atoms. The second kappa shape index (κ2) is 12.5. The topological polar surface area (TPSA) is 0 Å². The van der Waals surface area contributed by atoms with Crippen molar-refractivity contribution in [2.75, 3.05) is 0 Å². The zero-order chi connectivity index (χ0) is 20.3. The normalized spacial score (nSPS) is 12.2. The predicted molar refractivity (Wildman–Crippen MR) is 131 cm³/mol. The summed E-state index contributed by atoms with van der Waals surface area (Å²) in [5.41, 5.74) is 4.71. The number of hydrogen-bond donors (Lipinski definition) is 0. The number of benzene rings is 1. The van der Waals surface area contributed by atoms with Crippen LogP contribution in [0.4, 0.5) is 0 Å². The number of rotatable bonds is 14. The highest BCUT2D eigenvalue weighted by molar-refractivity contribution is 6.56. The van der Waals surface area contributed by atoms with Crippen molar-refractivity contribution in [3.05, 3.63) is 52.3 Å². The van der Waals surface area contributed by atoms with Gasteiger partial charge in [0.25, 0.3) is 0 Å². The molecule has 0 atom stereocenters. The Balaban J connectivity index is 1.66. The van der Waals surface area contributed by atoms with Crippen molar-refractivity contribution in [2.45, 2.75) is 110 Å². The summed E-state index contributed by atoms with van der Waals surface area (Å²) in [7, 11) is -0.508. The van der Waals surface area contributed by atoms with Crippen LogP contribution in [0, 0.1) is 0 Å². The van der Waals surface area contributed by atoms with Gasteiger partial charge in [-0.25, -0.2) is 0 Å². The van der Waals surface area contributed by atoms with E-state index in [0.717, 1.165) is 0 Å². The molecule has 0 N–H and O–H groups in total. The second-order valence-corrected chi connectivity index (χ2v) is 11.8. The van der Waals surface area contributed by atoms with Gasteiger partial charge in [0.1, 0.15) is 0 Å². The summed E-state index contributed by atoms with van der Waals surface area (Å²) < 4.78 is 0. The largest absolute Gasteiger partial charge is 0.0654 e. The molecule has 0 aliphatic heterocycles. The fourth-order valence-corrected chi connectivity index (χ4v) is 8.37. The maximum Gasteiger partial charge on any atom is 0.0451 e. The minimum absolute atomic E-state index is 0.508. The Morgan fingerprint density at radius 3 is 2.07 bits per heavy atom. The first-order valence-electron chi connectivity index (χ1n) is 12.6. The molecule has 1 heteroatoms. The highest BCUT2D eigenvalue weighted by atomic mass is 28.2. The van der Waals surface area contributed by atoms with Crippen LogP contribution >= 0.6 is 0 Å². The van der Waals surface area contributed by atoms with Crippen LogP contribution in [0.25, 0.3) is 11.1 Å². The van der Waals surface area contributed by atoms with Crippen LogP contribution in [0.1, 0.15) is 107 Å². The van der Waals surface area contributed by atoms with Gasteiger partial charge in [-0.3, -0.25) is 0 Å². The van der Waals surface area contributed by atoms with E-state index in [4.69, 9.17) is 0 Å². The molecule has 0 fully saturated rings. The quantitative estimate of drug-likeness (QED) is 0.186. The van der Waals surface area contributed by atoms with E-state index in [9.17, 15) is 0 Å². The number of unbranched alkanes of at least 4 members (excludes halogenated alkanes) is 10. The van der Waals surface area contributed by atoms with E-state index >= 15 is 0 Å². The van der Waals surface area contributed by atoms with Gasteiger partial charge in [-0.1, -0.05) is 131 Å². The average Bonchev–Trinajstić information content (AvgIpc) is 3.12. The summed E-state index contributed by atoms with van der Waals surface area (Å²) in [6, 6.07) is 15.7. The Kier molecular flexibility index (Phi) is 9.67. The van der Waals surface area contributed by atoms with Crippen molar-refractivity contribution in [1.82, 2.24) is 0 Å². The lowest BCUT2D eigenvalue weighted by Gasteiger charge is -2.15. The molecule has 0 saturated carbocycles. The Morgan fingerprint density at radius 2 is 1.31 bits per heavy atom. The lowest BCUT2D eigenvalue weighted by Crippen LogP contribution is -2.14. The number of fused-ring (bicyclic) bond motifs is 3. The fraction of sp³-hybridized carbons (Fsp3) is 0.607. The van der Waals surface area contributed by atoms with Gasteiger partial charge >= 0.3 is 0 Å². The summed E-state index contributed by atoms with van der Waals surface area (Å²) in [5, 5.41) is 3.68. The van der Waals surface area contributed by atoms with Gasteiger partial charge in [-0.2, -0.15) is 0 Å². The van der Waals surface area contributed by atoms with Crippen LogP contribution in [0.3, 0.4) is 0 Å². The molecule has 0 unspecified atom stereocenters. The molecule has 158 valence electrons. The van der Waals surface area contributed by atoms with Crippen molar-refractivity contribution >= 4 is 8.40 Å². The van der Waals surface area contributed by atoms with Gasteiger partial charge in [0.15, 0.2) is 0 Å². The van der Waals surface area contributed by atoms with Gasteiger partial charge in [0, 0.05) is 8.40 Å². The molecular weight excluding hydrogens is 364 g/mol. The monoisotopic (exact) mass is 406 g/mol. The smallest absolute Gasteiger partial charge is 0.0451 e. The highest BCUT2D eigenvalue weighted by Gasteiger charge is 2.22. The van der Waals surface area contributed by atoms with Gasteiger partial charge in [0.05, 0.1) is 0 Å². The van der Waals surface area contributed by atoms with E-state index in [1.807, 2.05) is 10.3 Å². The molecule has 0 nitrogen and oxygen atoms in total. The van der Waals surface area contributed by atoms with Crippen molar-refractivity contribution in [3.8, 4) is 11.1 Å². The van der Waals surface area contributed by atoms with Crippen LogP contribution in [0.5, 0.6) is 0 Å². The first-order chi connectivity index (χ1) is 14.3. The van der Waals surface area contributed by atoms with Crippen molar-refractivity contribution in [2.24, 2.45) is 0 Å².